The van der Waals surface area contributed by atoms with Crippen LogP contribution in [0.3, 0.4) is 0 Å². The van der Waals surface area contributed by atoms with E-state index in [1.165, 1.54) is 0 Å². The van der Waals surface area contributed by atoms with E-state index in [1.807, 2.05) is 13.8 Å². The van der Waals surface area contributed by atoms with Crippen LogP contribution >= 0.6 is 0 Å². The van der Waals surface area contributed by atoms with Gasteiger partial charge in [-0.3, -0.25) is 9.59 Å². The zero-order valence-electron chi connectivity index (χ0n) is 8.69. The number of rotatable bonds is 6. The van der Waals surface area contributed by atoms with Crippen molar-refractivity contribution in [2.75, 3.05) is 0 Å². The summed E-state index contributed by atoms with van der Waals surface area (Å²) in [6, 6.07) is -1.35. The first-order valence-corrected chi connectivity index (χ1v) is 4.57. The molecule has 86 valence electrons. The van der Waals surface area contributed by atoms with Gasteiger partial charge in [0.15, 0.2) is 0 Å². The summed E-state index contributed by atoms with van der Waals surface area (Å²) in [6.07, 6.45) is -0.428. The fourth-order valence-corrected chi connectivity index (χ4v) is 0.999. The lowest BCUT2D eigenvalue weighted by molar-refractivity contribution is -0.147. The smallest absolute Gasteiger partial charge is 0.326 e. The number of carboxylic acid groups (broad SMARTS) is 2. The molecular formula is C9H15NO5. The van der Waals surface area contributed by atoms with Gasteiger partial charge in [0.1, 0.15) is 6.04 Å². The summed E-state index contributed by atoms with van der Waals surface area (Å²) in [5, 5.41) is 19.2. The van der Waals surface area contributed by atoms with Crippen LogP contribution in [0, 0.1) is 5.92 Å². The van der Waals surface area contributed by atoms with Crippen LogP contribution in [0.5, 0.6) is 0 Å². The molecule has 15 heavy (non-hydrogen) atoms. The molecule has 0 saturated carbocycles. The summed E-state index contributed by atoms with van der Waals surface area (Å²) in [4.78, 5) is 32.1. The second-order valence-electron chi connectivity index (χ2n) is 3.65. The van der Waals surface area contributed by atoms with Crippen molar-refractivity contribution in [1.29, 1.82) is 0 Å². The van der Waals surface area contributed by atoms with Gasteiger partial charge in [-0.25, -0.2) is 4.79 Å². The van der Waals surface area contributed by atoms with E-state index in [0.29, 0.717) is 0 Å². The van der Waals surface area contributed by atoms with E-state index in [1.54, 1.807) is 0 Å². The van der Waals surface area contributed by atoms with Crippen LogP contribution in [-0.2, 0) is 14.4 Å². The predicted molar refractivity (Wildman–Crippen MR) is 51.3 cm³/mol. The molecular weight excluding hydrogens is 202 g/mol. The second kappa shape index (κ2) is 6.00. The third-order valence-corrected chi connectivity index (χ3v) is 1.61. The molecule has 0 radical (unpaired) electrons. The molecule has 1 atom stereocenters. The van der Waals surface area contributed by atoms with Gasteiger partial charge in [0, 0.05) is 6.42 Å². The average molecular weight is 217 g/mol. The Labute approximate surface area is 87.3 Å². The van der Waals surface area contributed by atoms with Gasteiger partial charge in [-0.2, -0.15) is 0 Å². The maximum atomic E-state index is 11.2. The van der Waals surface area contributed by atoms with Gasteiger partial charge >= 0.3 is 11.9 Å². The Bertz CT molecular complexity index is 261. The predicted octanol–water partition coefficient (Wildman–Crippen LogP) is 0.0766. The molecule has 0 aromatic carbocycles. The van der Waals surface area contributed by atoms with Crippen molar-refractivity contribution >= 4 is 17.8 Å². The maximum Gasteiger partial charge on any atom is 0.326 e. The van der Waals surface area contributed by atoms with Crippen LogP contribution < -0.4 is 5.32 Å². The molecule has 0 spiro atoms. The molecule has 0 aliphatic carbocycles. The first-order chi connectivity index (χ1) is 6.82. The van der Waals surface area contributed by atoms with Gasteiger partial charge in [-0.1, -0.05) is 13.8 Å². The van der Waals surface area contributed by atoms with Gasteiger partial charge in [0.2, 0.25) is 5.91 Å². The normalized spacial score (nSPS) is 12.2. The van der Waals surface area contributed by atoms with Gasteiger partial charge in [-0.05, 0) is 5.92 Å². The number of hydrogen-bond acceptors (Lipinski definition) is 3. The minimum absolute atomic E-state index is 0.101. The van der Waals surface area contributed by atoms with E-state index in [0.717, 1.165) is 0 Å². The minimum atomic E-state index is -1.35. The fourth-order valence-electron chi connectivity index (χ4n) is 0.999. The van der Waals surface area contributed by atoms with E-state index in [9.17, 15) is 14.4 Å². The van der Waals surface area contributed by atoms with E-state index < -0.39 is 30.3 Å². The minimum Gasteiger partial charge on any atom is -0.481 e. The number of amides is 1. The molecule has 3 N–H and O–H groups in total. The molecule has 1 amide bonds. The van der Waals surface area contributed by atoms with Gasteiger partial charge in [0.25, 0.3) is 0 Å². The van der Waals surface area contributed by atoms with Crippen LogP contribution in [0.2, 0.25) is 0 Å². The number of carbonyl (C=O) groups excluding carboxylic acids is 1. The first kappa shape index (κ1) is 13.4. The van der Waals surface area contributed by atoms with E-state index in [4.69, 9.17) is 10.2 Å². The lowest BCUT2D eigenvalue weighted by atomic mass is 10.1. The zero-order chi connectivity index (χ0) is 12.0. The van der Waals surface area contributed by atoms with Crippen molar-refractivity contribution in [2.45, 2.75) is 32.7 Å². The Balaban J connectivity index is 4.22. The van der Waals surface area contributed by atoms with Gasteiger partial charge in [-0.15, -0.1) is 0 Å². The van der Waals surface area contributed by atoms with Crippen molar-refractivity contribution in [3.8, 4) is 0 Å². The molecule has 6 nitrogen and oxygen atoms in total. The van der Waals surface area contributed by atoms with Crippen molar-refractivity contribution in [1.82, 2.24) is 5.32 Å². The number of aliphatic carboxylic acids is 2. The number of carboxylic acids is 2. The second-order valence-corrected chi connectivity index (χ2v) is 3.65. The van der Waals surface area contributed by atoms with Gasteiger partial charge in [0.05, 0.1) is 6.42 Å². The van der Waals surface area contributed by atoms with Crippen LogP contribution in [0.25, 0.3) is 0 Å². The number of carbonyl (C=O) groups is 3. The molecule has 0 saturated heterocycles. The molecule has 0 heterocycles. The zero-order valence-corrected chi connectivity index (χ0v) is 8.69. The lowest BCUT2D eigenvalue weighted by Crippen LogP contribution is -2.42. The highest BCUT2D eigenvalue weighted by atomic mass is 16.4. The standard InChI is InChI=1S/C9H15NO5/c1-5(2)3-7(11)10-6(9(14)15)4-8(12)13/h5-6H,3-4H2,1-2H3,(H,10,11)(H,12,13)(H,14,15)/t6-/m0/s1. The van der Waals surface area contributed by atoms with Crippen molar-refractivity contribution in [3.63, 3.8) is 0 Å². The quantitative estimate of drug-likeness (QED) is 0.584. The Kier molecular flexibility index (Phi) is 5.36. The Morgan fingerprint density at radius 2 is 1.67 bits per heavy atom. The monoisotopic (exact) mass is 217 g/mol. The lowest BCUT2D eigenvalue weighted by Gasteiger charge is -2.13. The third-order valence-electron chi connectivity index (χ3n) is 1.61. The van der Waals surface area contributed by atoms with Gasteiger partial charge < -0.3 is 15.5 Å². The number of hydrogen-bond donors (Lipinski definition) is 3. The Hall–Kier alpha value is -1.59. The SMILES string of the molecule is CC(C)CC(=O)N[C@@H](CC(=O)O)C(=O)O. The third kappa shape index (κ3) is 6.48. The molecule has 6 heteroatoms. The molecule has 0 aromatic rings. The summed E-state index contributed by atoms with van der Waals surface area (Å²) in [6.45, 7) is 3.62. The van der Waals surface area contributed by atoms with Crippen LogP contribution in [0.4, 0.5) is 0 Å². The first-order valence-electron chi connectivity index (χ1n) is 4.57. The molecule has 0 unspecified atom stereocenters. The Morgan fingerprint density at radius 3 is 2.00 bits per heavy atom. The fraction of sp³-hybridized carbons (Fsp3) is 0.667. The number of nitrogens with one attached hydrogen (secondary N) is 1. The Morgan fingerprint density at radius 1 is 1.13 bits per heavy atom. The largest absolute Gasteiger partial charge is 0.481 e. The highest BCUT2D eigenvalue weighted by molar-refractivity contribution is 5.86. The summed E-state index contributed by atoms with van der Waals surface area (Å²) in [7, 11) is 0. The summed E-state index contributed by atoms with van der Waals surface area (Å²) < 4.78 is 0. The molecule has 0 fully saturated rings. The summed E-state index contributed by atoms with van der Waals surface area (Å²) in [5.41, 5.74) is 0. The maximum absolute atomic E-state index is 11.2. The van der Waals surface area contributed by atoms with E-state index in [2.05, 4.69) is 5.32 Å². The summed E-state index contributed by atoms with van der Waals surface area (Å²) in [5.74, 6) is -2.94. The van der Waals surface area contributed by atoms with Crippen molar-refractivity contribution in [3.05, 3.63) is 0 Å². The highest BCUT2D eigenvalue weighted by Gasteiger charge is 2.22. The van der Waals surface area contributed by atoms with Crippen molar-refractivity contribution in [2.24, 2.45) is 5.92 Å². The van der Waals surface area contributed by atoms with E-state index in [-0.39, 0.29) is 12.3 Å². The van der Waals surface area contributed by atoms with E-state index >= 15 is 0 Å². The molecule has 0 bridgehead atoms. The van der Waals surface area contributed by atoms with Crippen molar-refractivity contribution < 1.29 is 24.6 Å². The average Bonchev–Trinajstić information content (AvgIpc) is 1.99. The van der Waals surface area contributed by atoms with Crippen LogP contribution in [0.15, 0.2) is 0 Å². The highest BCUT2D eigenvalue weighted by Crippen LogP contribution is 2.00. The topological polar surface area (TPSA) is 104 Å². The molecule has 0 aromatic heterocycles. The molecule has 0 aliphatic rings. The van der Waals surface area contributed by atoms with Crippen LogP contribution in [-0.4, -0.2) is 34.1 Å². The van der Waals surface area contributed by atoms with Crippen LogP contribution in [0.1, 0.15) is 26.7 Å². The summed E-state index contributed by atoms with van der Waals surface area (Å²) >= 11 is 0. The molecule has 0 aliphatic heterocycles. The molecule has 0 rings (SSSR count).